The topological polar surface area (TPSA) is 12.0 Å². The van der Waals surface area contributed by atoms with E-state index in [1.165, 1.54) is 19.4 Å². The molecule has 0 aliphatic carbocycles. The standard InChI is InChI=1S/C9H19N/c1-4-5-9-7(2)6-10-8(9)3/h7-10H,4-6H2,1-3H3/t7?,8-,9?/m1/s1. The molecule has 1 saturated heterocycles. The number of rotatable bonds is 2. The van der Waals surface area contributed by atoms with E-state index in [-0.39, 0.29) is 0 Å². The lowest BCUT2D eigenvalue weighted by Crippen LogP contribution is -2.22. The zero-order valence-electron chi connectivity index (χ0n) is 7.35. The van der Waals surface area contributed by atoms with Crippen LogP contribution in [0.5, 0.6) is 0 Å². The first kappa shape index (κ1) is 8.06. The lowest BCUT2D eigenvalue weighted by Gasteiger charge is -2.17. The lowest BCUT2D eigenvalue weighted by atomic mass is 9.89. The Morgan fingerprint density at radius 1 is 1.40 bits per heavy atom. The van der Waals surface area contributed by atoms with E-state index in [2.05, 4.69) is 26.1 Å². The minimum absolute atomic E-state index is 0.759. The second-order valence-electron chi connectivity index (χ2n) is 3.63. The minimum atomic E-state index is 0.759. The highest BCUT2D eigenvalue weighted by Crippen LogP contribution is 2.25. The van der Waals surface area contributed by atoms with Crippen LogP contribution in [0.3, 0.4) is 0 Å². The zero-order chi connectivity index (χ0) is 7.56. The molecule has 1 fully saturated rings. The van der Waals surface area contributed by atoms with Gasteiger partial charge in [0.15, 0.2) is 0 Å². The van der Waals surface area contributed by atoms with E-state index in [4.69, 9.17) is 0 Å². The van der Waals surface area contributed by atoms with Gasteiger partial charge >= 0.3 is 0 Å². The van der Waals surface area contributed by atoms with E-state index < -0.39 is 0 Å². The summed E-state index contributed by atoms with van der Waals surface area (Å²) in [6.45, 7) is 8.17. The van der Waals surface area contributed by atoms with Crippen LogP contribution < -0.4 is 5.32 Å². The number of hydrogen-bond acceptors (Lipinski definition) is 1. The highest BCUT2D eigenvalue weighted by molar-refractivity contribution is 4.84. The summed E-state index contributed by atoms with van der Waals surface area (Å²) in [6, 6.07) is 0.759. The predicted molar refractivity (Wildman–Crippen MR) is 45.0 cm³/mol. The molecule has 1 nitrogen and oxygen atoms in total. The summed E-state index contributed by atoms with van der Waals surface area (Å²) in [7, 11) is 0. The molecule has 1 rings (SSSR count). The Kier molecular flexibility index (Phi) is 2.72. The van der Waals surface area contributed by atoms with Gasteiger partial charge < -0.3 is 5.32 Å². The van der Waals surface area contributed by atoms with Gasteiger partial charge in [-0.25, -0.2) is 0 Å². The van der Waals surface area contributed by atoms with Crippen LogP contribution >= 0.6 is 0 Å². The van der Waals surface area contributed by atoms with Gasteiger partial charge in [0, 0.05) is 6.04 Å². The van der Waals surface area contributed by atoms with Gasteiger partial charge in [-0.05, 0) is 31.7 Å². The molecule has 0 aromatic rings. The molecule has 60 valence electrons. The van der Waals surface area contributed by atoms with E-state index in [0.717, 1.165) is 17.9 Å². The van der Waals surface area contributed by atoms with Crippen LogP contribution in [0.2, 0.25) is 0 Å². The van der Waals surface area contributed by atoms with E-state index >= 15 is 0 Å². The van der Waals surface area contributed by atoms with Crippen LogP contribution in [-0.2, 0) is 0 Å². The van der Waals surface area contributed by atoms with Crippen molar-refractivity contribution < 1.29 is 0 Å². The van der Waals surface area contributed by atoms with Gasteiger partial charge in [-0.15, -0.1) is 0 Å². The number of nitrogens with one attached hydrogen (secondary N) is 1. The van der Waals surface area contributed by atoms with Gasteiger partial charge in [-0.2, -0.15) is 0 Å². The van der Waals surface area contributed by atoms with Gasteiger partial charge in [0.05, 0.1) is 0 Å². The van der Waals surface area contributed by atoms with E-state index in [9.17, 15) is 0 Å². The molecule has 1 aliphatic heterocycles. The molecule has 0 bridgehead atoms. The van der Waals surface area contributed by atoms with Crippen molar-refractivity contribution in [2.45, 2.75) is 39.7 Å². The van der Waals surface area contributed by atoms with Crippen molar-refractivity contribution in [2.75, 3.05) is 6.54 Å². The van der Waals surface area contributed by atoms with Gasteiger partial charge in [0.25, 0.3) is 0 Å². The fourth-order valence-electron chi connectivity index (χ4n) is 2.04. The van der Waals surface area contributed by atoms with Crippen molar-refractivity contribution in [3.8, 4) is 0 Å². The van der Waals surface area contributed by atoms with E-state index in [1.807, 2.05) is 0 Å². The first-order chi connectivity index (χ1) is 4.75. The highest BCUT2D eigenvalue weighted by atomic mass is 15.0. The Hall–Kier alpha value is -0.0400. The minimum Gasteiger partial charge on any atom is -0.314 e. The molecule has 0 aromatic carbocycles. The molecule has 3 atom stereocenters. The summed E-state index contributed by atoms with van der Waals surface area (Å²) in [5, 5.41) is 3.50. The normalized spacial score (nSPS) is 40.5. The quantitative estimate of drug-likeness (QED) is 0.620. The van der Waals surface area contributed by atoms with Crippen molar-refractivity contribution in [3.63, 3.8) is 0 Å². The summed E-state index contributed by atoms with van der Waals surface area (Å²) in [5.74, 6) is 1.83. The maximum absolute atomic E-state index is 3.50. The molecule has 2 unspecified atom stereocenters. The Morgan fingerprint density at radius 3 is 2.50 bits per heavy atom. The monoisotopic (exact) mass is 141 g/mol. The Labute approximate surface area is 64.2 Å². The molecule has 0 amide bonds. The number of hydrogen-bond donors (Lipinski definition) is 1. The molecule has 10 heavy (non-hydrogen) atoms. The summed E-state index contributed by atoms with van der Waals surface area (Å²) >= 11 is 0. The van der Waals surface area contributed by atoms with Gasteiger partial charge in [-0.3, -0.25) is 0 Å². The van der Waals surface area contributed by atoms with E-state index in [0.29, 0.717) is 0 Å². The Bertz CT molecular complexity index is 90.9. The average Bonchev–Trinajstić information content (AvgIpc) is 2.20. The highest BCUT2D eigenvalue weighted by Gasteiger charge is 2.28. The fraction of sp³-hybridized carbons (Fsp3) is 1.00. The third-order valence-electron chi connectivity index (χ3n) is 2.76. The molecule has 1 aliphatic rings. The predicted octanol–water partition coefficient (Wildman–Crippen LogP) is 2.03. The summed E-state index contributed by atoms with van der Waals surface area (Å²) < 4.78 is 0. The molecule has 0 radical (unpaired) electrons. The van der Waals surface area contributed by atoms with Crippen LogP contribution in [-0.4, -0.2) is 12.6 Å². The maximum Gasteiger partial charge on any atom is 0.00701 e. The second-order valence-corrected chi connectivity index (χ2v) is 3.63. The van der Waals surface area contributed by atoms with Gasteiger partial charge in [-0.1, -0.05) is 20.3 Å². The summed E-state index contributed by atoms with van der Waals surface area (Å²) in [6.07, 6.45) is 2.73. The summed E-state index contributed by atoms with van der Waals surface area (Å²) in [4.78, 5) is 0. The first-order valence-electron chi connectivity index (χ1n) is 4.49. The smallest absolute Gasteiger partial charge is 0.00701 e. The molecule has 0 aromatic heterocycles. The Morgan fingerprint density at radius 2 is 2.10 bits per heavy atom. The lowest BCUT2D eigenvalue weighted by molar-refractivity contribution is 0.367. The van der Waals surface area contributed by atoms with Crippen molar-refractivity contribution >= 4 is 0 Å². The SMILES string of the molecule is CCCC1C(C)CN[C@@H]1C. The summed E-state index contributed by atoms with van der Waals surface area (Å²) in [5.41, 5.74) is 0. The van der Waals surface area contributed by atoms with Crippen LogP contribution in [0.15, 0.2) is 0 Å². The van der Waals surface area contributed by atoms with Crippen LogP contribution in [0, 0.1) is 11.8 Å². The third-order valence-corrected chi connectivity index (χ3v) is 2.76. The van der Waals surface area contributed by atoms with Crippen molar-refractivity contribution in [3.05, 3.63) is 0 Å². The van der Waals surface area contributed by atoms with E-state index in [1.54, 1.807) is 0 Å². The largest absolute Gasteiger partial charge is 0.314 e. The average molecular weight is 141 g/mol. The molecular formula is C9H19N. The molecule has 0 saturated carbocycles. The zero-order valence-corrected chi connectivity index (χ0v) is 7.35. The second kappa shape index (κ2) is 3.38. The van der Waals surface area contributed by atoms with Crippen molar-refractivity contribution in [2.24, 2.45) is 11.8 Å². The van der Waals surface area contributed by atoms with Gasteiger partial charge in [0.2, 0.25) is 0 Å². The van der Waals surface area contributed by atoms with Gasteiger partial charge in [0.1, 0.15) is 0 Å². The molecule has 1 heterocycles. The van der Waals surface area contributed by atoms with Crippen LogP contribution in [0.25, 0.3) is 0 Å². The maximum atomic E-state index is 3.50. The Balaban J connectivity index is 2.38. The third kappa shape index (κ3) is 1.51. The molecular weight excluding hydrogens is 122 g/mol. The van der Waals surface area contributed by atoms with Crippen molar-refractivity contribution in [1.29, 1.82) is 0 Å². The fourth-order valence-corrected chi connectivity index (χ4v) is 2.04. The first-order valence-corrected chi connectivity index (χ1v) is 4.49. The van der Waals surface area contributed by atoms with Crippen molar-refractivity contribution in [1.82, 2.24) is 5.32 Å². The molecule has 1 heteroatoms. The van der Waals surface area contributed by atoms with Crippen LogP contribution in [0.1, 0.15) is 33.6 Å². The van der Waals surface area contributed by atoms with Crippen LogP contribution in [0.4, 0.5) is 0 Å². The molecule has 1 N–H and O–H groups in total. The molecule has 0 spiro atoms.